The number of benzene rings is 3. The fourth-order valence-electron chi connectivity index (χ4n) is 8.87. The van der Waals surface area contributed by atoms with Crippen LogP contribution in [0.15, 0.2) is 78.9 Å². The molecule has 3 aromatic carbocycles. The van der Waals surface area contributed by atoms with Gasteiger partial charge in [0.1, 0.15) is 11.5 Å². The predicted octanol–water partition coefficient (Wildman–Crippen LogP) is 19.5. The standard InChI is InChI=1S/C48H65O2PS13/c1-2-3-29-48-34-47(57-60-48)43(58-63-64-61-48)28-16-9-5-7-12-20-37-22-18-24-39(31-37)50-51(52,40-25-13-10-14-26-40)49-38-23-17-21-36(30-38)19-11-6-4-8-15-27-42-44(54-42)33-46-45-32-41(55-56-45)35-53-62-59-46/h10,13-14,17-18,21-26,30-31,41-47H,2-9,11-12,15-16,19-20,27-29,32-35H2,1H3. The number of fused-ring (bicyclic) bond motifs is 4. The first-order valence-corrected chi connectivity index (χ1v) is 40.3. The lowest BCUT2D eigenvalue weighted by molar-refractivity contribution is 0.497. The Morgan fingerprint density at radius 3 is 2.00 bits per heavy atom. The van der Waals surface area contributed by atoms with Gasteiger partial charge in [0.15, 0.2) is 0 Å². The quantitative estimate of drug-likeness (QED) is 0.0329. The molecule has 2 nitrogen and oxygen atoms in total. The van der Waals surface area contributed by atoms with E-state index in [2.05, 4.69) is 163 Å². The van der Waals surface area contributed by atoms with Crippen molar-refractivity contribution in [2.75, 3.05) is 5.75 Å². The maximum Gasteiger partial charge on any atom is 0.319 e. The van der Waals surface area contributed by atoms with Gasteiger partial charge in [-0.25, -0.2) is 0 Å². The minimum atomic E-state index is -2.88. The van der Waals surface area contributed by atoms with Crippen molar-refractivity contribution in [1.82, 2.24) is 0 Å². The van der Waals surface area contributed by atoms with Crippen molar-refractivity contribution in [2.45, 2.75) is 176 Å². The first-order valence-electron chi connectivity index (χ1n) is 23.6. The molecule has 64 heavy (non-hydrogen) atoms. The average Bonchev–Trinajstić information content (AvgIpc) is 3.61. The van der Waals surface area contributed by atoms with Gasteiger partial charge in [0.25, 0.3) is 0 Å². The second-order valence-electron chi connectivity index (χ2n) is 17.7. The molecule has 5 saturated heterocycles. The van der Waals surface area contributed by atoms with Gasteiger partial charge in [-0.15, -0.1) is 0 Å². The third-order valence-electron chi connectivity index (χ3n) is 12.6. The first kappa shape index (κ1) is 52.4. The molecule has 0 radical (unpaired) electrons. The second kappa shape index (κ2) is 27.8. The molecular weight excluding hydrogens is 1060 g/mol. The van der Waals surface area contributed by atoms with Crippen molar-refractivity contribution >= 4 is 151 Å². The molecule has 352 valence electrons. The maximum absolute atomic E-state index is 6.76. The second-order valence-corrected chi connectivity index (χ2v) is 39.2. The molecule has 0 saturated carbocycles. The Balaban J connectivity index is 0.730. The van der Waals surface area contributed by atoms with Gasteiger partial charge in [-0.2, -0.15) is 11.8 Å². The Bertz CT molecular complexity index is 1890. The van der Waals surface area contributed by atoms with Crippen molar-refractivity contribution in [2.24, 2.45) is 0 Å². The van der Waals surface area contributed by atoms with Crippen molar-refractivity contribution < 1.29 is 9.05 Å². The summed E-state index contributed by atoms with van der Waals surface area (Å²) >= 11 is 8.64. The number of aryl methyl sites for hydroxylation is 2. The molecule has 16 heteroatoms. The Hall–Kier alpha value is 2.11. The molecule has 9 unspecified atom stereocenters. The lowest BCUT2D eigenvalue weighted by Gasteiger charge is -2.29. The Labute approximate surface area is 438 Å². The van der Waals surface area contributed by atoms with Crippen LogP contribution in [0.1, 0.15) is 134 Å². The van der Waals surface area contributed by atoms with E-state index in [1.807, 2.05) is 50.0 Å². The van der Waals surface area contributed by atoms with E-state index in [9.17, 15) is 0 Å². The summed E-state index contributed by atoms with van der Waals surface area (Å²) in [5.41, 5.74) is 2.63. The molecule has 0 spiro atoms. The van der Waals surface area contributed by atoms with Crippen LogP contribution in [0.5, 0.6) is 11.5 Å². The molecule has 5 fully saturated rings. The fourth-order valence-corrected chi connectivity index (χ4v) is 36.3. The molecule has 9 atom stereocenters. The van der Waals surface area contributed by atoms with Crippen LogP contribution in [0.25, 0.3) is 0 Å². The number of unbranched alkanes of at least 4 members (excludes halogenated alkanes) is 9. The molecule has 3 aromatic rings. The van der Waals surface area contributed by atoms with Crippen molar-refractivity contribution in [3.8, 4) is 11.5 Å². The predicted molar refractivity (Wildman–Crippen MR) is 316 cm³/mol. The molecule has 5 aliphatic heterocycles. The first-order chi connectivity index (χ1) is 31.5. The third-order valence-corrected chi connectivity index (χ3v) is 37.6. The van der Waals surface area contributed by atoms with Crippen molar-refractivity contribution in [1.29, 1.82) is 0 Å². The van der Waals surface area contributed by atoms with Crippen LogP contribution in [0.2, 0.25) is 0 Å². The van der Waals surface area contributed by atoms with Crippen molar-refractivity contribution in [3.63, 3.8) is 0 Å². The minimum Gasteiger partial charge on any atom is -0.432 e. The van der Waals surface area contributed by atoms with Crippen LogP contribution in [-0.4, -0.2) is 46.6 Å². The smallest absolute Gasteiger partial charge is 0.319 e. The zero-order valence-corrected chi connectivity index (χ0v) is 48.5. The molecule has 0 aromatic heterocycles. The number of rotatable bonds is 26. The highest BCUT2D eigenvalue weighted by atomic mass is 33.7. The van der Waals surface area contributed by atoms with Crippen LogP contribution in [0.3, 0.4) is 0 Å². The highest BCUT2D eigenvalue weighted by molar-refractivity contribution is 9.26. The molecular formula is C48H65O2PS13. The maximum atomic E-state index is 6.76. The van der Waals surface area contributed by atoms with E-state index in [1.165, 1.54) is 132 Å². The summed E-state index contributed by atoms with van der Waals surface area (Å²) < 4.78 is 14.0. The van der Waals surface area contributed by atoms with Crippen LogP contribution >= 0.6 is 134 Å². The minimum absolute atomic E-state index is 0.447. The summed E-state index contributed by atoms with van der Waals surface area (Å²) in [6.07, 6.45) is 26.3. The van der Waals surface area contributed by atoms with E-state index >= 15 is 0 Å². The molecule has 5 aliphatic rings. The molecule has 5 heterocycles. The van der Waals surface area contributed by atoms with E-state index in [4.69, 9.17) is 20.9 Å². The molecule has 0 aliphatic carbocycles. The van der Waals surface area contributed by atoms with Crippen molar-refractivity contribution in [3.05, 3.63) is 90.0 Å². The zero-order chi connectivity index (χ0) is 43.9. The van der Waals surface area contributed by atoms with Crippen LogP contribution in [0, 0.1) is 0 Å². The van der Waals surface area contributed by atoms with E-state index in [0.717, 1.165) is 66.4 Å². The lowest BCUT2D eigenvalue weighted by atomic mass is 10.0. The number of thioether (sulfide) groups is 1. The van der Waals surface area contributed by atoms with E-state index in [-0.39, 0.29) is 0 Å². The van der Waals surface area contributed by atoms with Crippen LogP contribution in [-0.2, 0) is 24.6 Å². The Morgan fingerprint density at radius 1 is 0.609 bits per heavy atom. The van der Waals surface area contributed by atoms with Gasteiger partial charge in [-0.1, -0.05) is 200 Å². The average molecular weight is 1120 g/mol. The molecule has 4 bridgehead atoms. The summed E-state index contributed by atoms with van der Waals surface area (Å²) in [6, 6.07) is 27.4. The lowest BCUT2D eigenvalue weighted by Crippen LogP contribution is -2.24. The normalized spacial score (nSPS) is 28.7. The highest BCUT2D eigenvalue weighted by Crippen LogP contribution is 2.69. The molecule has 8 rings (SSSR count). The SMILES string of the molecule is CCCCC12CC(SS1)C(CCCCCCCc1cccc(OP(=S)(Oc3cccc(CCCCCCCC4SC4CC4SSSCC5CC4SS5)c3)c3ccccc3)c1)SSSS2. The summed E-state index contributed by atoms with van der Waals surface area (Å²) in [4.78, 5) is 0. The van der Waals surface area contributed by atoms with Gasteiger partial charge in [0.2, 0.25) is 0 Å². The van der Waals surface area contributed by atoms with E-state index in [0.29, 0.717) is 4.08 Å². The summed E-state index contributed by atoms with van der Waals surface area (Å²) in [6.45, 7) is -0.549. The third kappa shape index (κ3) is 16.6. The monoisotopic (exact) mass is 1120 g/mol. The Morgan fingerprint density at radius 2 is 1.28 bits per heavy atom. The van der Waals surface area contributed by atoms with E-state index < -0.39 is 6.49 Å². The van der Waals surface area contributed by atoms with E-state index in [1.54, 1.807) is 0 Å². The van der Waals surface area contributed by atoms with Crippen LogP contribution < -0.4 is 14.4 Å². The topological polar surface area (TPSA) is 18.5 Å². The molecule has 0 amide bonds. The summed E-state index contributed by atoms with van der Waals surface area (Å²) in [7, 11) is 23.5. The van der Waals surface area contributed by atoms with Gasteiger partial charge < -0.3 is 9.05 Å². The Kier molecular flexibility index (Phi) is 22.8. The summed E-state index contributed by atoms with van der Waals surface area (Å²) in [5.74, 6) is 2.94. The fraction of sp³-hybridized carbons (Fsp3) is 0.625. The van der Waals surface area contributed by atoms with Gasteiger partial charge in [-0.3, -0.25) is 0 Å². The van der Waals surface area contributed by atoms with Gasteiger partial charge in [0, 0.05) is 42.5 Å². The van der Waals surface area contributed by atoms with Gasteiger partial charge >= 0.3 is 6.49 Å². The zero-order valence-electron chi connectivity index (χ0n) is 37.0. The van der Waals surface area contributed by atoms with Gasteiger partial charge in [0.05, 0.1) is 9.38 Å². The summed E-state index contributed by atoms with van der Waals surface area (Å²) in [5, 5.41) is 7.00. The number of hydrogen-bond acceptors (Lipinski definition) is 15. The highest BCUT2D eigenvalue weighted by Gasteiger charge is 2.46. The van der Waals surface area contributed by atoms with Gasteiger partial charge in [-0.05, 0) is 153 Å². The van der Waals surface area contributed by atoms with Crippen LogP contribution in [0.4, 0.5) is 0 Å². The number of hydrogen-bond donors (Lipinski definition) is 0. The molecule has 0 N–H and O–H groups in total. The largest absolute Gasteiger partial charge is 0.432 e.